The Bertz CT molecular complexity index is 1300. The monoisotopic (exact) mass is 594 g/mol. The van der Waals surface area contributed by atoms with Gasteiger partial charge in [-0.2, -0.15) is 0 Å². The zero-order valence-corrected chi connectivity index (χ0v) is 22.1. The predicted octanol–water partition coefficient (Wildman–Crippen LogP) is 4.97. The number of ketones is 1. The molecule has 0 heterocycles. The highest BCUT2D eigenvalue weighted by Crippen LogP contribution is 2.42. The summed E-state index contributed by atoms with van der Waals surface area (Å²) < 4.78 is 10.1. The molecule has 15 nitrogen and oxygen atoms in total. The Morgan fingerprint density at radius 1 is 1.03 bits per heavy atom. The Hall–Kier alpha value is -4.47. The first-order chi connectivity index (χ1) is 17.9. The molecule has 0 aliphatic heterocycles. The van der Waals surface area contributed by atoms with Crippen LogP contribution in [0.1, 0.15) is 26.7 Å². The van der Waals surface area contributed by atoms with Gasteiger partial charge in [-0.1, -0.05) is 0 Å². The van der Waals surface area contributed by atoms with Crippen molar-refractivity contribution >= 4 is 67.7 Å². The molecule has 2 aromatic carbocycles. The number of hydrogen-bond acceptors (Lipinski definition) is 12. The molecule has 0 bridgehead atoms. The molecule has 0 unspecified atom stereocenters. The van der Waals surface area contributed by atoms with E-state index in [2.05, 4.69) is 36.8 Å². The number of anilines is 2. The Kier molecular flexibility index (Phi) is 10.8. The van der Waals surface area contributed by atoms with Crippen molar-refractivity contribution in [3.8, 4) is 5.75 Å². The summed E-state index contributed by atoms with van der Waals surface area (Å²) in [5, 5.41) is 36.1. The highest BCUT2D eigenvalue weighted by atomic mass is 79.9. The SMILES string of the molecule is COc1cc(N=Nc2c(Br)cc([N+](=O)[O-])cc2[N+](=O)[O-])c(NC(C)=O)cc1NCCCC(=O)OCC(C)=O. The van der Waals surface area contributed by atoms with E-state index >= 15 is 0 Å². The molecule has 2 aromatic rings. The Morgan fingerprint density at radius 2 is 1.74 bits per heavy atom. The summed E-state index contributed by atoms with van der Waals surface area (Å²) in [5.74, 6) is -0.938. The van der Waals surface area contributed by atoms with Crippen LogP contribution >= 0.6 is 15.9 Å². The van der Waals surface area contributed by atoms with Crippen molar-refractivity contribution in [2.24, 2.45) is 10.2 Å². The number of nitrogens with one attached hydrogen (secondary N) is 2. The summed E-state index contributed by atoms with van der Waals surface area (Å²) in [5.41, 5.74) is -0.725. The molecule has 0 saturated carbocycles. The number of nitrogens with zero attached hydrogens (tertiary/aromatic N) is 4. The maximum Gasteiger partial charge on any atom is 0.306 e. The quantitative estimate of drug-likeness (QED) is 0.105. The lowest BCUT2D eigenvalue weighted by Crippen LogP contribution is -2.13. The number of carbonyl (C=O) groups excluding carboxylic acids is 3. The lowest BCUT2D eigenvalue weighted by molar-refractivity contribution is -0.393. The topological polar surface area (TPSA) is 205 Å². The molecule has 2 N–H and O–H groups in total. The Labute approximate surface area is 224 Å². The van der Waals surface area contributed by atoms with Gasteiger partial charge in [0.25, 0.3) is 5.69 Å². The average molecular weight is 595 g/mol. The number of halogens is 1. The molecule has 0 atom stereocenters. The van der Waals surface area contributed by atoms with E-state index < -0.39 is 33.1 Å². The van der Waals surface area contributed by atoms with E-state index in [0.717, 1.165) is 12.1 Å². The Morgan fingerprint density at radius 3 is 2.32 bits per heavy atom. The average Bonchev–Trinajstić information content (AvgIpc) is 2.84. The largest absolute Gasteiger partial charge is 0.495 e. The van der Waals surface area contributed by atoms with E-state index in [1.165, 1.54) is 33.1 Å². The fourth-order valence-electron chi connectivity index (χ4n) is 2.98. The van der Waals surface area contributed by atoms with Crippen LogP contribution in [-0.2, 0) is 19.1 Å². The molecule has 2 rings (SSSR count). The summed E-state index contributed by atoms with van der Waals surface area (Å²) in [6, 6.07) is 4.74. The number of methoxy groups -OCH3 is 1. The number of nitro groups is 2. The number of carbonyl (C=O) groups is 3. The van der Waals surface area contributed by atoms with Gasteiger partial charge in [0, 0.05) is 32.0 Å². The number of Topliss-reactive ketones (excluding diaryl/α,β-unsaturated/α-hetero) is 1. The number of amides is 1. The summed E-state index contributed by atoms with van der Waals surface area (Å²) in [6.07, 6.45) is 0.436. The van der Waals surface area contributed by atoms with E-state index in [4.69, 9.17) is 9.47 Å². The molecule has 0 aliphatic rings. The lowest BCUT2D eigenvalue weighted by atomic mass is 10.2. The van der Waals surface area contributed by atoms with Gasteiger partial charge in [-0.05, 0) is 35.3 Å². The fraction of sp³-hybridized carbons (Fsp3) is 0.318. The molecule has 0 aliphatic carbocycles. The van der Waals surface area contributed by atoms with Crippen molar-refractivity contribution in [1.29, 1.82) is 0 Å². The molecule has 0 radical (unpaired) electrons. The van der Waals surface area contributed by atoms with Crippen molar-refractivity contribution in [2.45, 2.75) is 26.7 Å². The van der Waals surface area contributed by atoms with Crippen LogP contribution in [0.25, 0.3) is 0 Å². The maximum absolute atomic E-state index is 11.8. The summed E-state index contributed by atoms with van der Waals surface area (Å²) in [6.45, 7) is 2.61. The van der Waals surface area contributed by atoms with Gasteiger partial charge in [0.1, 0.15) is 18.0 Å². The van der Waals surface area contributed by atoms with Crippen molar-refractivity contribution in [3.63, 3.8) is 0 Å². The van der Waals surface area contributed by atoms with Gasteiger partial charge >= 0.3 is 11.7 Å². The molecule has 0 saturated heterocycles. The normalized spacial score (nSPS) is 10.6. The van der Waals surface area contributed by atoms with E-state index in [1.807, 2.05) is 0 Å². The predicted molar refractivity (Wildman–Crippen MR) is 138 cm³/mol. The number of ether oxygens (including phenoxy) is 2. The highest BCUT2D eigenvalue weighted by Gasteiger charge is 2.24. The number of non-ortho nitro benzene ring substituents is 1. The Balaban J connectivity index is 2.34. The smallest absolute Gasteiger partial charge is 0.306 e. The number of rotatable bonds is 13. The first kappa shape index (κ1) is 29.8. The molecule has 16 heteroatoms. The minimum absolute atomic E-state index is 0.0321. The van der Waals surface area contributed by atoms with Crippen LogP contribution in [0.4, 0.5) is 34.1 Å². The van der Waals surface area contributed by atoms with Crippen LogP contribution in [0.15, 0.2) is 39.0 Å². The lowest BCUT2D eigenvalue weighted by Gasteiger charge is -2.15. The van der Waals surface area contributed by atoms with Crippen LogP contribution in [0.5, 0.6) is 5.75 Å². The molecule has 38 heavy (non-hydrogen) atoms. The third-order valence-corrected chi connectivity index (χ3v) is 5.24. The first-order valence-corrected chi connectivity index (χ1v) is 11.6. The van der Waals surface area contributed by atoms with Crippen molar-refractivity contribution in [1.82, 2.24) is 0 Å². The van der Waals surface area contributed by atoms with E-state index in [-0.39, 0.29) is 46.1 Å². The minimum atomic E-state index is -0.829. The first-order valence-electron chi connectivity index (χ1n) is 10.9. The van der Waals surface area contributed by atoms with Gasteiger partial charge in [0.05, 0.1) is 38.9 Å². The summed E-state index contributed by atoms with van der Waals surface area (Å²) in [4.78, 5) is 55.3. The number of hydrogen-bond donors (Lipinski definition) is 2. The van der Waals surface area contributed by atoms with Gasteiger partial charge < -0.3 is 20.1 Å². The van der Waals surface area contributed by atoms with Crippen LogP contribution < -0.4 is 15.4 Å². The molecule has 0 aromatic heterocycles. The number of azo groups is 1. The summed E-state index contributed by atoms with van der Waals surface area (Å²) in [7, 11) is 1.39. The second kappa shape index (κ2) is 13.7. The minimum Gasteiger partial charge on any atom is -0.495 e. The van der Waals surface area contributed by atoms with Crippen LogP contribution in [0.2, 0.25) is 0 Å². The number of nitro benzene ring substituents is 2. The van der Waals surface area contributed by atoms with Crippen LogP contribution in [-0.4, -0.2) is 47.8 Å². The molecule has 0 fully saturated rings. The fourth-order valence-corrected chi connectivity index (χ4v) is 3.49. The van der Waals surface area contributed by atoms with Crippen molar-refractivity contribution in [3.05, 3.63) is 49.0 Å². The van der Waals surface area contributed by atoms with E-state index in [9.17, 15) is 34.6 Å². The molecular formula is C22H23BrN6O9. The van der Waals surface area contributed by atoms with Gasteiger partial charge in [-0.15, -0.1) is 10.2 Å². The van der Waals surface area contributed by atoms with Crippen LogP contribution in [0.3, 0.4) is 0 Å². The standard InChI is InChI=1S/C22H23BrN6O9/c1-12(30)11-38-21(32)5-4-6-24-18-9-16(25-13(2)31)17(10-20(18)37-3)26-27-22-15(23)7-14(28(33)34)8-19(22)29(35)36/h7-10,24H,4-6,11H2,1-3H3,(H,25,31). The summed E-state index contributed by atoms with van der Waals surface area (Å²) >= 11 is 3.05. The second-order valence-corrected chi connectivity index (χ2v) is 8.51. The third-order valence-electron chi connectivity index (χ3n) is 4.63. The van der Waals surface area contributed by atoms with E-state index in [0.29, 0.717) is 18.7 Å². The molecule has 202 valence electrons. The van der Waals surface area contributed by atoms with Gasteiger partial charge in [-0.25, -0.2) is 0 Å². The highest BCUT2D eigenvalue weighted by molar-refractivity contribution is 9.10. The zero-order valence-electron chi connectivity index (χ0n) is 20.5. The third kappa shape index (κ3) is 8.58. The maximum atomic E-state index is 11.8. The number of esters is 1. The van der Waals surface area contributed by atoms with Crippen LogP contribution in [0, 0.1) is 20.2 Å². The van der Waals surface area contributed by atoms with Crippen molar-refractivity contribution < 1.29 is 33.7 Å². The number of benzene rings is 2. The van der Waals surface area contributed by atoms with E-state index in [1.54, 1.807) is 0 Å². The zero-order chi connectivity index (χ0) is 28.4. The van der Waals surface area contributed by atoms with Crippen molar-refractivity contribution in [2.75, 3.05) is 30.9 Å². The van der Waals surface area contributed by atoms with Gasteiger partial charge in [0.2, 0.25) is 5.91 Å². The van der Waals surface area contributed by atoms with Gasteiger partial charge in [-0.3, -0.25) is 34.6 Å². The molecular weight excluding hydrogens is 572 g/mol. The molecule has 0 spiro atoms. The second-order valence-electron chi connectivity index (χ2n) is 7.65. The van der Waals surface area contributed by atoms with Gasteiger partial charge in [0.15, 0.2) is 11.5 Å². The molecule has 1 amide bonds.